The molecule has 0 saturated heterocycles. The lowest BCUT2D eigenvalue weighted by atomic mass is 10.2. The van der Waals surface area contributed by atoms with Crippen molar-refractivity contribution in [1.82, 2.24) is 25.0 Å². The molecule has 0 unspecified atom stereocenters. The molecule has 0 spiro atoms. The normalized spacial score (nSPS) is 24.8. The second kappa shape index (κ2) is 9.31. The van der Waals surface area contributed by atoms with E-state index in [1.54, 1.807) is 6.92 Å². The summed E-state index contributed by atoms with van der Waals surface area (Å²) in [5.41, 5.74) is 0.695. The molecule has 1 aliphatic carbocycles. The number of hydrogen-bond donors (Lipinski definition) is 2. The second-order valence-electron chi connectivity index (χ2n) is 6.29. The quantitative estimate of drug-likeness (QED) is 0.270. The van der Waals surface area contributed by atoms with Gasteiger partial charge in [-0.05, 0) is 13.3 Å². The van der Waals surface area contributed by atoms with Crippen LogP contribution in [0.25, 0.3) is 11.2 Å². The van der Waals surface area contributed by atoms with Gasteiger partial charge >= 0.3 is 5.97 Å². The molecular weight excluding hydrogens is 410 g/mol. The van der Waals surface area contributed by atoms with Crippen LogP contribution in [0.3, 0.4) is 0 Å². The summed E-state index contributed by atoms with van der Waals surface area (Å²) in [5, 5.41) is 29.5. The summed E-state index contributed by atoms with van der Waals surface area (Å²) in [5.74, 6) is 0.300. The number of nitrogens with zero attached hydrogens (tertiary/aromatic N) is 5. The number of esters is 1. The van der Waals surface area contributed by atoms with Crippen molar-refractivity contribution in [2.45, 2.75) is 56.2 Å². The maximum atomic E-state index is 11.5. The predicted octanol–water partition coefficient (Wildman–Crippen LogP) is 0.992. The lowest BCUT2D eigenvalue weighted by molar-refractivity contribution is -0.153. The van der Waals surface area contributed by atoms with Crippen molar-refractivity contribution in [2.75, 3.05) is 19.0 Å². The van der Waals surface area contributed by atoms with Gasteiger partial charge in [-0.15, -0.1) is 5.10 Å². The van der Waals surface area contributed by atoms with Gasteiger partial charge in [0.2, 0.25) is 0 Å². The summed E-state index contributed by atoms with van der Waals surface area (Å²) in [4.78, 5) is 20.1. The number of aromatic nitrogens is 5. The Morgan fingerprint density at radius 2 is 2.11 bits per heavy atom. The van der Waals surface area contributed by atoms with E-state index in [2.05, 4.69) is 20.3 Å². The lowest BCUT2D eigenvalue weighted by Crippen LogP contribution is -2.34. The molecule has 1 fully saturated rings. The largest absolute Gasteiger partial charge is 0.464 e. The van der Waals surface area contributed by atoms with Gasteiger partial charge in [0.15, 0.2) is 21.5 Å². The smallest absolute Gasteiger partial charge is 0.332 e. The van der Waals surface area contributed by atoms with Crippen molar-refractivity contribution in [3.8, 4) is 0 Å². The molecule has 0 aromatic carbocycles. The molecule has 10 nitrogen and oxygen atoms in total. The summed E-state index contributed by atoms with van der Waals surface area (Å²) in [7, 11) is 0. The molecule has 0 radical (unpaired) electrons. The summed E-state index contributed by atoms with van der Waals surface area (Å²) in [6.45, 7) is 3.67. The number of halogens is 1. The lowest BCUT2D eigenvalue weighted by Gasteiger charge is -2.17. The first kappa shape index (κ1) is 21.2. The summed E-state index contributed by atoms with van der Waals surface area (Å²) in [6.07, 6.45) is -1.94. The third-order valence-electron chi connectivity index (χ3n) is 4.33. The minimum atomic E-state index is -1.19. The monoisotopic (exact) mass is 431 g/mol. The third-order valence-corrected chi connectivity index (χ3v) is 5.65. The van der Waals surface area contributed by atoms with E-state index < -0.39 is 30.3 Å². The first-order valence-corrected chi connectivity index (χ1v) is 10.4. The van der Waals surface area contributed by atoms with Crippen LogP contribution in [0.2, 0.25) is 5.15 Å². The van der Waals surface area contributed by atoms with E-state index in [1.807, 2.05) is 6.92 Å². The Morgan fingerprint density at radius 1 is 1.32 bits per heavy atom. The molecule has 0 bridgehead atoms. The van der Waals surface area contributed by atoms with E-state index in [1.165, 1.54) is 16.4 Å². The average molecular weight is 432 g/mol. The maximum Gasteiger partial charge on any atom is 0.332 e. The molecule has 1 saturated carbocycles. The maximum absolute atomic E-state index is 11.5. The van der Waals surface area contributed by atoms with Crippen LogP contribution in [0.1, 0.15) is 32.7 Å². The molecule has 2 aromatic rings. The van der Waals surface area contributed by atoms with Gasteiger partial charge in [0.25, 0.3) is 0 Å². The number of carbonyl (C=O) groups is 1. The second-order valence-corrected chi connectivity index (χ2v) is 7.71. The Balaban J connectivity index is 1.81. The van der Waals surface area contributed by atoms with Crippen LogP contribution in [-0.2, 0) is 14.3 Å². The summed E-state index contributed by atoms with van der Waals surface area (Å²) in [6, 6.07) is -0.637. The fourth-order valence-electron chi connectivity index (χ4n) is 3.01. The Bertz CT molecular complexity index is 837. The van der Waals surface area contributed by atoms with Gasteiger partial charge in [0, 0.05) is 12.2 Å². The zero-order chi connectivity index (χ0) is 20.3. The van der Waals surface area contributed by atoms with E-state index in [4.69, 9.17) is 21.1 Å². The van der Waals surface area contributed by atoms with Crippen molar-refractivity contribution < 1.29 is 24.5 Å². The molecule has 0 aliphatic heterocycles. The first-order chi connectivity index (χ1) is 13.5. The minimum absolute atomic E-state index is 0.179. The van der Waals surface area contributed by atoms with Gasteiger partial charge in [-0.2, -0.15) is 0 Å². The number of ether oxygens (including phenoxy) is 2. The number of thioether (sulfide) groups is 1. The summed E-state index contributed by atoms with van der Waals surface area (Å²) >= 11 is 7.66. The minimum Gasteiger partial charge on any atom is -0.464 e. The molecule has 0 amide bonds. The van der Waals surface area contributed by atoms with Gasteiger partial charge in [-0.1, -0.05) is 35.5 Å². The standard InChI is InChI=1S/C16H22ClN5O5S/c1-3-5-28-16-18-14(17)11-15(19-16)22(21-20-11)8-6-9(13(25)12(8)24)27-7-10(23)26-4-2/h8-9,12-13,24-25H,3-7H2,1-2H3/t8-,9+,12+,13-/m1/s1. The van der Waals surface area contributed by atoms with E-state index >= 15 is 0 Å². The van der Waals surface area contributed by atoms with Crippen molar-refractivity contribution >= 4 is 40.5 Å². The topological polar surface area (TPSA) is 132 Å². The van der Waals surface area contributed by atoms with E-state index in [0.29, 0.717) is 16.3 Å². The van der Waals surface area contributed by atoms with Gasteiger partial charge in [-0.25, -0.2) is 19.4 Å². The van der Waals surface area contributed by atoms with Crippen LogP contribution in [0.5, 0.6) is 0 Å². The van der Waals surface area contributed by atoms with Gasteiger partial charge < -0.3 is 19.7 Å². The molecule has 2 N–H and O–H groups in total. The molecule has 2 aromatic heterocycles. The highest BCUT2D eigenvalue weighted by molar-refractivity contribution is 7.99. The van der Waals surface area contributed by atoms with Crippen LogP contribution in [-0.4, -0.2) is 78.4 Å². The highest BCUT2D eigenvalue weighted by Gasteiger charge is 2.45. The van der Waals surface area contributed by atoms with Crippen LogP contribution < -0.4 is 0 Å². The molecule has 154 valence electrons. The van der Waals surface area contributed by atoms with Crippen LogP contribution in [0.4, 0.5) is 0 Å². The van der Waals surface area contributed by atoms with Crippen molar-refractivity contribution in [2.24, 2.45) is 0 Å². The number of aliphatic hydroxyl groups excluding tert-OH is 2. The van der Waals surface area contributed by atoms with E-state index in [-0.39, 0.29) is 24.8 Å². The Labute approximate surface area is 170 Å². The number of fused-ring (bicyclic) bond motifs is 1. The van der Waals surface area contributed by atoms with Crippen LogP contribution in [0.15, 0.2) is 5.16 Å². The summed E-state index contributed by atoms with van der Waals surface area (Å²) < 4.78 is 11.7. The SMILES string of the molecule is CCCSc1nc(Cl)c2nnn([C@@H]3C[C@H](OCC(=O)OCC)[C@@H](O)[C@H]3O)c2n1. The first-order valence-electron chi connectivity index (χ1n) is 9.00. The molecule has 3 rings (SSSR count). The number of aliphatic hydroxyl groups is 2. The van der Waals surface area contributed by atoms with Crippen LogP contribution >= 0.6 is 23.4 Å². The predicted molar refractivity (Wildman–Crippen MR) is 101 cm³/mol. The molecule has 2 heterocycles. The average Bonchev–Trinajstić information content (AvgIpc) is 3.21. The number of rotatable bonds is 8. The highest BCUT2D eigenvalue weighted by Crippen LogP contribution is 2.35. The van der Waals surface area contributed by atoms with E-state index in [9.17, 15) is 15.0 Å². The van der Waals surface area contributed by atoms with Gasteiger partial charge in [0.05, 0.1) is 18.8 Å². The zero-order valence-corrected chi connectivity index (χ0v) is 17.1. The van der Waals surface area contributed by atoms with E-state index in [0.717, 1.165) is 12.2 Å². The Hall–Kier alpha value is -1.53. The molecule has 28 heavy (non-hydrogen) atoms. The van der Waals surface area contributed by atoms with Gasteiger partial charge in [-0.3, -0.25) is 0 Å². The fourth-order valence-corrected chi connectivity index (χ4v) is 3.96. The molecular formula is C16H22ClN5O5S. The van der Waals surface area contributed by atoms with Crippen molar-refractivity contribution in [3.05, 3.63) is 5.15 Å². The number of hydrogen-bond acceptors (Lipinski definition) is 10. The van der Waals surface area contributed by atoms with Crippen molar-refractivity contribution in [1.29, 1.82) is 0 Å². The molecule has 12 heteroatoms. The van der Waals surface area contributed by atoms with Crippen LogP contribution in [0, 0.1) is 0 Å². The zero-order valence-electron chi connectivity index (χ0n) is 15.5. The third kappa shape index (κ3) is 4.38. The number of carbonyl (C=O) groups excluding carboxylic acids is 1. The molecule has 1 aliphatic rings. The highest BCUT2D eigenvalue weighted by atomic mass is 35.5. The van der Waals surface area contributed by atoms with Gasteiger partial charge in [0.1, 0.15) is 18.8 Å². The fraction of sp³-hybridized carbons (Fsp3) is 0.688. The Morgan fingerprint density at radius 3 is 2.82 bits per heavy atom. The Kier molecular flexibility index (Phi) is 7.05. The van der Waals surface area contributed by atoms with Crippen molar-refractivity contribution in [3.63, 3.8) is 0 Å². The molecule has 4 atom stereocenters.